The molecule has 0 aliphatic heterocycles. The maximum absolute atomic E-state index is 13.3. The van der Waals surface area contributed by atoms with Gasteiger partial charge >= 0.3 is 17.9 Å². The third kappa shape index (κ3) is 7.98. The Bertz CT molecular complexity index is 776. The number of esters is 3. The van der Waals surface area contributed by atoms with Crippen molar-refractivity contribution in [3.63, 3.8) is 0 Å². The lowest BCUT2D eigenvalue weighted by Crippen LogP contribution is -2.53. The number of carbonyl (C=O) groups is 4. The molecule has 0 saturated carbocycles. The van der Waals surface area contributed by atoms with E-state index in [2.05, 4.69) is 0 Å². The van der Waals surface area contributed by atoms with Gasteiger partial charge in [-0.2, -0.15) is 0 Å². The fraction of sp³-hybridized carbons (Fsp3) is 0.500. The Balaban J connectivity index is 3.39. The first-order valence-electron chi connectivity index (χ1n) is 9.06. The molecule has 0 N–H and O–H groups in total. The van der Waals surface area contributed by atoms with E-state index in [1.54, 1.807) is 20.8 Å². The van der Waals surface area contributed by atoms with Crippen LogP contribution in [-0.2, 0) is 33.4 Å². The highest BCUT2D eigenvalue weighted by atomic mass is 35.5. The van der Waals surface area contributed by atoms with Crippen molar-refractivity contribution in [2.24, 2.45) is 0 Å². The molecule has 0 heterocycles. The molecule has 0 spiro atoms. The maximum atomic E-state index is 13.3. The molecule has 2 atom stereocenters. The molecular formula is C20H25ClFNO7. The molecule has 166 valence electrons. The summed E-state index contributed by atoms with van der Waals surface area (Å²) in [6, 6.07) is 4.89. The van der Waals surface area contributed by atoms with Crippen LogP contribution in [0.3, 0.4) is 0 Å². The normalized spacial score (nSPS) is 13.0. The van der Waals surface area contributed by atoms with Crippen molar-refractivity contribution in [1.29, 1.82) is 0 Å². The van der Waals surface area contributed by atoms with Gasteiger partial charge < -0.3 is 19.1 Å². The van der Waals surface area contributed by atoms with Crippen molar-refractivity contribution in [3.05, 3.63) is 30.1 Å². The Morgan fingerprint density at radius 1 is 1.00 bits per heavy atom. The van der Waals surface area contributed by atoms with E-state index in [4.69, 9.17) is 25.8 Å². The zero-order chi connectivity index (χ0) is 23.1. The molecule has 1 amide bonds. The fourth-order valence-electron chi connectivity index (χ4n) is 2.42. The van der Waals surface area contributed by atoms with Crippen molar-refractivity contribution in [1.82, 2.24) is 0 Å². The van der Waals surface area contributed by atoms with Crippen LogP contribution in [0.5, 0.6) is 0 Å². The molecule has 0 unspecified atom stereocenters. The largest absolute Gasteiger partial charge is 0.457 e. The van der Waals surface area contributed by atoms with Gasteiger partial charge in [-0.05, 0) is 45.0 Å². The third-order valence-corrected chi connectivity index (χ3v) is 3.62. The molecule has 0 aliphatic carbocycles. The number of nitrogens with zero attached hydrogens (tertiary/aromatic N) is 1. The Labute approximate surface area is 179 Å². The summed E-state index contributed by atoms with van der Waals surface area (Å²) in [6.07, 6.45) is -3.69. The van der Waals surface area contributed by atoms with Gasteiger partial charge in [0.2, 0.25) is 12.2 Å². The van der Waals surface area contributed by atoms with Gasteiger partial charge in [-0.25, -0.2) is 9.18 Å². The lowest BCUT2D eigenvalue weighted by atomic mass is 10.1. The molecular weight excluding hydrogens is 421 g/mol. The minimum absolute atomic E-state index is 0.0133. The first-order valence-corrected chi connectivity index (χ1v) is 9.59. The summed E-state index contributed by atoms with van der Waals surface area (Å²) in [5, 5.41) is 0. The number of hydrogen-bond donors (Lipinski definition) is 0. The summed E-state index contributed by atoms with van der Waals surface area (Å²) in [7, 11) is 0. The van der Waals surface area contributed by atoms with Crippen LogP contribution < -0.4 is 4.90 Å². The van der Waals surface area contributed by atoms with Crippen molar-refractivity contribution in [2.75, 3.05) is 17.3 Å². The number of carbonyl (C=O) groups excluding carboxylic acids is 4. The summed E-state index contributed by atoms with van der Waals surface area (Å²) in [5.41, 5.74) is -0.725. The number of amides is 1. The Kier molecular flexibility index (Phi) is 9.22. The number of ether oxygens (including phenoxy) is 3. The van der Waals surface area contributed by atoms with Gasteiger partial charge in [-0.3, -0.25) is 14.4 Å². The highest BCUT2D eigenvalue weighted by Crippen LogP contribution is 2.21. The second kappa shape index (κ2) is 10.9. The van der Waals surface area contributed by atoms with Crippen LogP contribution in [0.4, 0.5) is 10.1 Å². The van der Waals surface area contributed by atoms with Gasteiger partial charge in [0.05, 0.1) is 0 Å². The molecule has 0 aromatic heterocycles. The Morgan fingerprint density at radius 2 is 1.50 bits per heavy atom. The van der Waals surface area contributed by atoms with Crippen molar-refractivity contribution >= 4 is 41.1 Å². The average Bonchev–Trinajstić information content (AvgIpc) is 2.61. The molecule has 0 saturated heterocycles. The number of rotatable bonds is 8. The second-order valence-corrected chi connectivity index (χ2v) is 7.63. The molecule has 0 aliphatic rings. The van der Waals surface area contributed by atoms with Crippen LogP contribution in [0.25, 0.3) is 0 Å². The van der Waals surface area contributed by atoms with Crippen LogP contribution >= 0.6 is 11.6 Å². The SMILES string of the molecule is CC(=O)O[C@@H](C(=O)OC(C)(C)C)[C@@H](OC(C)=O)C(=O)N(CCCl)c1ccc(F)cc1. The van der Waals surface area contributed by atoms with Gasteiger partial charge in [0, 0.05) is 32.0 Å². The second-order valence-electron chi connectivity index (χ2n) is 7.25. The van der Waals surface area contributed by atoms with Crippen LogP contribution in [0.2, 0.25) is 0 Å². The summed E-state index contributed by atoms with van der Waals surface area (Å²) in [4.78, 5) is 50.2. The fourth-order valence-corrected chi connectivity index (χ4v) is 2.59. The van der Waals surface area contributed by atoms with E-state index < -0.39 is 47.4 Å². The predicted octanol–water partition coefficient (Wildman–Crippen LogP) is 2.60. The number of benzene rings is 1. The van der Waals surface area contributed by atoms with Gasteiger partial charge in [0.25, 0.3) is 5.91 Å². The predicted molar refractivity (Wildman–Crippen MR) is 106 cm³/mol. The highest BCUT2D eigenvalue weighted by molar-refractivity contribution is 6.18. The monoisotopic (exact) mass is 445 g/mol. The molecule has 10 heteroatoms. The smallest absolute Gasteiger partial charge is 0.352 e. The zero-order valence-electron chi connectivity index (χ0n) is 17.4. The third-order valence-electron chi connectivity index (χ3n) is 3.46. The van der Waals surface area contributed by atoms with E-state index in [9.17, 15) is 23.6 Å². The molecule has 1 aromatic carbocycles. The summed E-state index contributed by atoms with van der Waals surface area (Å²) in [5.74, 6) is -4.28. The molecule has 1 aromatic rings. The van der Waals surface area contributed by atoms with Crippen LogP contribution in [0.1, 0.15) is 34.6 Å². The van der Waals surface area contributed by atoms with Crippen LogP contribution in [-0.4, -0.2) is 54.0 Å². The zero-order valence-corrected chi connectivity index (χ0v) is 18.2. The standard InChI is InChI=1S/C20H25ClFNO7/c1-12(24)28-16(17(29-13(2)25)19(27)30-20(3,4)5)18(26)23(11-10-21)15-8-6-14(22)7-9-15/h6-9,16-17H,10-11H2,1-5H3/t16-,17-/m1/s1. The molecule has 0 radical (unpaired) electrons. The molecule has 8 nitrogen and oxygen atoms in total. The molecule has 1 rings (SSSR count). The summed E-state index contributed by atoms with van der Waals surface area (Å²) in [6.45, 7) is 6.75. The van der Waals surface area contributed by atoms with Crippen molar-refractivity contribution < 1.29 is 37.8 Å². The molecule has 30 heavy (non-hydrogen) atoms. The van der Waals surface area contributed by atoms with Crippen LogP contribution in [0, 0.1) is 5.82 Å². The van der Waals surface area contributed by atoms with E-state index in [-0.39, 0.29) is 18.1 Å². The number of anilines is 1. The molecule has 0 fully saturated rings. The van der Waals surface area contributed by atoms with E-state index in [1.165, 1.54) is 12.1 Å². The van der Waals surface area contributed by atoms with E-state index in [0.29, 0.717) is 0 Å². The maximum Gasteiger partial charge on any atom is 0.352 e. The first kappa shape index (κ1) is 25.4. The van der Waals surface area contributed by atoms with Gasteiger partial charge in [-0.1, -0.05) is 0 Å². The topological polar surface area (TPSA) is 99.2 Å². The minimum atomic E-state index is -1.85. The van der Waals surface area contributed by atoms with Gasteiger partial charge in [-0.15, -0.1) is 11.6 Å². The Morgan fingerprint density at radius 3 is 1.93 bits per heavy atom. The lowest BCUT2D eigenvalue weighted by Gasteiger charge is -2.31. The van der Waals surface area contributed by atoms with Gasteiger partial charge in [0.1, 0.15) is 11.4 Å². The van der Waals surface area contributed by atoms with Crippen molar-refractivity contribution in [3.8, 4) is 0 Å². The first-order chi connectivity index (χ1) is 13.9. The quantitative estimate of drug-likeness (QED) is 0.344. The average molecular weight is 446 g/mol. The van der Waals surface area contributed by atoms with Crippen LogP contribution in [0.15, 0.2) is 24.3 Å². The van der Waals surface area contributed by atoms with E-state index in [1.807, 2.05) is 0 Å². The van der Waals surface area contributed by atoms with Gasteiger partial charge in [0.15, 0.2) is 0 Å². The summed E-state index contributed by atoms with van der Waals surface area (Å²) < 4.78 is 28.6. The molecule has 0 bridgehead atoms. The lowest BCUT2D eigenvalue weighted by molar-refractivity contribution is -0.188. The van der Waals surface area contributed by atoms with E-state index in [0.717, 1.165) is 30.9 Å². The van der Waals surface area contributed by atoms with E-state index >= 15 is 0 Å². The summed E-state index contributed by atoms with van der Waals surface area (Å²) >= 11 is 5.79. The number of halogens is 2. The number of hydrogen-bond acceptors (Lipinski definition) is 7. The minimum Gasteiger partial charge on any atom is -0.457 e. The van der Waals surface area contributed by atoms with Crippen molar-refractivity contribution in [2.45, 2.75) is 52.4 Å². The number of alkyl halides is 1. The highest BCUT2D eigenvalue weighted by Gasteiger charge is 2.44. The Hall–Kier alpha value is -2.68.